The van der Waals surface area contributed by atoms with E-state index in [1.165, 1.54) is 18.2 Å². The van der Waals surface area contributed by atoms with Crippen molar-refractivity contribution in [2.75, 3.05) is 7.11 Å². The highest BCUT2D eigenvalue weighted by Crippen LogP contribution is 2.34. The van der Waals surface area contributed by atoms with Crippen molar-refractivity contribution in [2.24, 2.45) is 0 Å². The van der Waals surface area contributed by atoms with E-state index in [9.17, 15) is 4.79 Å². The van der Waals surface area contributed by atoms with E-state index >= 15 is 0 Å². The Morgan fingerprint density at radius 1 is 1.35 bits per heavy atom. The molecule has 2 heterocycles. The van der Waals surface area contributed by atoms with E-state index in [0.29, 0.717) is 0 Å². The number of hydrogen-bond donors (Lipinski definition) is 0. The van der Waals surface area contributed by atoms with Gasteiger partial charge in [-0.05, 0) is 30.0 Å². The van der Waals surface area contributed by atoms with Crippen molar-refractivity contribution in [1.82, 2.24) is 4.57 Å². The predicted molar refractivity (Wildman–Crippen MR) is 78.9 cm³/mol. The van der Waals surface area contributed by atoms with Gasteiger partial charge in [-0.1, -0.05) is 37.6 Å². The molecule has 1 aromatic carbocycles. The zero-order chi connectivity index (χ0) is 14.1. The van der Waals surface area contributed by atoms with Gasteiger partial charge >= 0.3 is 5.97 Å². The maximum Gasteiger partial charge on any atom is 0.354 e. The molecule has 0 unspecified atom stereocenters. The van der Waals surface area contributed by atoms with Crippen LogP contribution in [0.5, 0.6) is 0 Å². The number of nitrogens with zero attached hydrogens (tertiary/aromatic N) is 1. The number of aryl methyl sites for hydroxylation is 2. The van der Waals surface area contributed by atoms with Gasteiger partial charge in [-0.15, -0.1) is 0 Å². The fourth-order valence-corrected chi connectivity index (χ4v) is 3.08. The number of carbonyl (C=O) groups excluding carboxylic acids is 1. The van der Waals surface area contributed by atoms with Gasteiger partial charge in [0, 0.05) is 17.8 Å². The van der Waals surface area contributed by atoms with Crippen molar-refractivity contribution in [3.05, 3.63) is 47.2 Å². The van der Waals surface area contributed by atoms with Crippen LogP contribution >= 0.6 is 0 Å². The van der Waals surface area contributed by atoms with Gasteiger partial charge in [-0.25, -0.2) is 4.79 Å². The molecular formula is C17H19NO2. The van der Waals surface area contributed by atoms with Crippen LogP contribution in [0.4, 0.5) is 0 Å². The number of carbonyl (C=O) groups is 1. The molecule has 104 valence electrons. The summed E-state index contributed by atoms with van der Waals surface area (Å²) in [6.45, 7) is 2.98. The van der Waals surface area contributed by atoms with E-state index in [4.69, 9.17) is 4.74 Å². The van der Waals surface area contributed by atoms with Crippen molar-refractivity contribution in [1.29, 1.82) is 0 Å². The van der Waals surface area contributed by atoms with Crippen LogP contribution in [0, 0.1) is 0 Å². The fourth-order valence-electron chi connectivity index (χ4n) is 3.08. The molecule has 0 fully saturated rings. The Balaban J connectivity index is 2.19. The maximum absolute atomic E-state index is 12.1. The Labute approximate surface area is 119 Å². The van der Waals surface area contributed by atoms with Crippen molar-refractivity contribution < 1.29 is 9.53 Å². The summed E-state index contributed by atoms with van der Waals surface area (Å²) in [5, 5.41) is 0. The molecule has 3 nitrogen and oxygen atoms in total. The summed E-state index contributed by atoms with van der Waals surface area (Å²) in [6.07, 6.45) is 2.90. The summed E-state index contributed by atoms with van der Waals surface area (Å²) >= 11 is 0. The van der Waals surface area contributed by atoms with Crippen molar-refractivity contribution in [3.8, 4) is 11.3 Å². The van der Waals surface area contributed by atoms with E-state index in [1.807, 2.05) is 0 Å². The van der Waals surface area contributed by atoms with E-state index in [2.05, 4.69) is 41.8 Å². The first-order chi connectivity index (χ1) is 9.76. The zero-order valence-electron chi connectivity index (χ0n) is 12.0. The first kappa shape index (κ1) is 13.0. The molecule has 1 aliphatic heterocycles. The van der Waals surface area contributed by atoms with Crippen LogP contribution in [0.2, 0.25) is 0 Å². The highest BCUT2D eigenvalue weighted by molar-refractivity contribution is 5.91. The second-order valence-corrected chi connectivity index (χ2v) is 5.20. The molecular weight excluding hydrogens is 250 g/mol. The Morgan fingerprint density at radius 3 is 2.90 bits per heavy atom. The van der Waals surface area contributed by atoms with Gasteiger partial charge in [0.15, 0.2) is 0 Å². The van der Waals surface area contributed by atoms with Gasteiger partial charge in [-0.3, -0.25) is 0 Å². The lowest BCUT2D eigenvalue weighted by Gasteiger charge is -2.20. The number of ether oxygens (including phenoxy) is 1. The fraction of sp³-hybridized carbons (Fsp3) is 0.353. The first-order valence-electron chi connectivity index (χ1n) is 7.15. The maximum atomic E-state index is 12.1. The van der Waals surface area contributed by atoms with Gasteiger partial charge in [0.25, 0.3) is 0 Å². The normalized spacial score (nSPS) is 12.7. The molecule has 0 spiro atoms. The third-order valence-corrected chi connectivity index (χ3v) is 3.97. The van der Waals surface area contributed by atoms with Gasteiger partial charge < -0.3 is 9.30 Å². The monoisotopic (exact) mass is 269 g/mol. The molecule has 2 aromatic rings. The van der Waals surface area contributed by atoms with Crippen LogP contribution in [-0.4, -0.2) is 17.6 Å². The Hall–Kier alpha value is -2.03. The molecule has 3 heteroatoms. The predicted octanol–water partition coefficient (Wildman–Crippen LogP) is 3.45. The molecule has 20 heavy (non-hydrogen) atoms. The van der Waals surface area contributed by atoms with Crippen LogP contribution in [0.15, 0.2) is 30.3 Å². The molecule has 0 N–H and O–H groups in total. The van der Waals surface area contributed by atoms with E-state index < -0.39 is 0 Å². The molecule has 0 saturated heterocycles. The minimum Gasteiger partial charge on any atom is -0.464 e. The van der Waals surface area contributed by atoms with E-state index in [0.717, 1.165) is 42.8 Å². The number of aromatic nitrogens is 1. The highest BCUT2D eigenvalue weighted by atomic mass is 16.5. The number of benzene rings is 1. The second kappa shape index (κ2) is 5.16. The summed E-state index contributed by atoms with van der Waals surface area (Å²) in [7, 11) is 1.45. The quantitative estimate of drug-likeness (QED) is 0.799. The Kier molecular flexibility index (Phi) is 3.35. The molecule has 0 radical (unpaired) electrons. The van der Waals surface area contributed by atoms with Crippen LogP contribution < -0.4 is 0 Å². The lowest BCUT2D eigenvalue weighted by molar-refractivity contribution is 0.0587. The van der Waals surface area contributed by atoms with Gasteiger partial charge in [0.05, 0.1) is 7.11 Å². The molecule has 0 atom stereocenters. The number of hydrogen-bond acceptors (Lipinski definition) is 2. The highest BCUT2D eigenvalue weighted by Gasteiger charge is 2.25. The van der Waals surface area contributed by atoms with Crippen molar-refractivity contribution >= 4 is 5.97 Å². The summed E-state index contributed by atoms with van der Waals surface area (Å²) in [5.74, 6) is -0.223. The number of fused-ring (bicyclic) bond motifs is 3. The summed E-state index contributed by atoms with van der Waals surface area (Å²) in [6, 6.07) is 10.6. The minimum absolute atomic E-state index is 0.223. The zero-order valence-corrected chi connectivity index (χ0v) is 12.0. The first-order valence-corrected chi connectivity index (χ1v) is 7.15. The Bertz CT molecular complexity index is 655. The average molecular weight is 269 g/mol. The van der Waals surface area contributed by atoms with Gasteiger partial charge in [0.1, 0.15) is 5.69 Å². The molecule has 1 aliphatic rings. The average Bonchev–Trinajstić information content (AvgIpc) is 2.85. The van der Waals surface area contributed by atoms with Crippen LogP contribution in [0.25, 0.3) is 11.3 Å². The molecule has 3 rings (SSSR count). The molecule has 0 amide bonds. The molecule has 0 bridgehead atoms. The van der Waals surface area contributed by atoms with Crippen LogP contribution in [0.3, 0.4) is 0 Å². The summed E-state index contributed by atoms with van der Waals surface area (Å²) in [4.78, 5) is 12.1. The molecule has 0 saturated carbocycles. The van der Waals surface area contributed by atoms with E-state index in [-0.39, 0.29) is 5.97 Å². The topological polar surface area (TPSA) is 31.2 Å². The van der Waals surface area contributed by atoms with Crippen molar-refractivity contribution in [2.45, 2.75) is 32.7 Å². The van der Waals surface area contributed by atoms with Gasteiger partial charge in [-0.2, -0.15) is 0 Å². The third-order valence-electron chi connectivity index (χ3n) is 3.97. The van der Waals surface area contributed by atoms with Crippen LogP contribution in [-0.2, 0) is 24.1 Å². The lowest BCUT2D eigenvalue weighted by atomic mass is 9.98. The second-order valence-electron chi connectivity index (χ2n) is 5.20. The smallest absolute Gasteiger partial charge is 0.354 e. The SMILES string of the molecule is CCCc1cc2n(c1C(=O)OC)CCc1ccccc1-2. The lowest BCUT2D eigenvalue weighted by Crippen LogP contribution is -2.17. The summed E-state index contributed by atoms with van der Waals surface area (Å²) < 4.78 is 7.10. The number of esters is 1. The minimum atomic E-state index is -0.223. The largest absolute Gasteiger partial charge is 0.464 e. The summed E-state index contributed by atoms with van der Waals surface area (Å²) in [5.41, 5.74) is 5.59. The standard InChI is InChI=1S/C17H19NO2/c1-3-6-13-11-15-14-8-5-4-7-12(14)9-10-18(15)16(13)17(19)20-2/h4-5,7-8,11H,3,6,9-10H2,1-2H3. The molecule has 0 aliphatic carbocycles. The van der Waals surface area contributed by atoms with Gasteiger partial charge in [0.2, 0.25) is 0 Å². The van der Waals surface area contributed by atoms with Crippen molar-refractivity contribution in [3.63, 3.8) is 0 Å². The third kappa shape index (κ3) is 1.94. The number of rotatable bonds is 3. The molecule has 1 aromatic heterocycles. The number of methoxy groups -OCH3 is 1. The van der Waals surface area contributed by atoms with Crippen LogP contribution in [0.1, 0.15) is 35.0 Å². The Morgan fingerprint density at radius 2 is 2.15 bits per heavy atom. The van der Waals surface area contributed by atoms with E-state index in [1.54, 1.807) is 0 Å².